The second kappa shape index (κ2) is 5.14. The second-order valence-electron chi connectivity index (χ2n) is 7.02. The molecule has 2 saturated carbocycles. The number of pyridine rings is 1. The van der Waals surface area contributed by atoms with Crippen molar-refractivity contribution in [2.75, 3.05) is 7.11 Å². The van der Waals surface area contributed by atoms with Crippen molar-refractivity contribution in [3.05, 3.63) is 36.0 Å². The summed E-state index contributed by atoms with van der Waals surface area (Å²) in [6.45, 7) is 1.98. The van der Waals surface area contributed by atoms with Crippen molar-refractivity contribution in [3.8, 4) is 11.6 Å². The van der Waals surface area contributed by atoms with Crippen LogP contribution in [0.1, 0.15) is 36.8 Å². The molecular weight excluding hydrogens is 304 g/mol. The molecule has 5 rings (SSSR count). The van der Waals surface area contributed by atoms with E-state index in [9.17, 15) is 0 Å². The predicted molar refractivity (Wildman–Crippen MR) is 87.6 cm³/mol. The molecular formula is C18H20N4O2. The number of imidazole rings is 1. The van der Waals surface area contributed by atoms with Gasteiger partial charge in [-0.15, -0.1) is 10.2 Å². The lowest BCUT2D eigenvalue weighted by Crippen LogP contribution is -2.38. The van der Waals surface area contributed by atoms with Crippen LogP contribution in [-0.2, 0) is 4.74 Å². The van der Waals surface area contributed by atoms with Gasteiger partial charge in [-0.1, -0.05) is 6.07 Å². The van der Waals surface area contributed by atoms with Gasteiger partial charge in [0.15, 0.2) is 0 Å². The molecule has 2 unspecified atom stereocenters. The Kier molecular flexibility index (Phi) is 3.03. The Hall–Kier alpha value is -2.21. The number of methoxy groups -OCH3 is 1. The minimum atomic E-state index is 0.362. The fourth-order valence-corrected chi connectivity index (χ4v) is 4.50. The molecule has 0 aliphatic heterocycles. The molecule has 0 amide bonds. The standard InChI is InChI=1S/C18H20N4O2/c1-10-16(22-6-4-3-5-15(22)19-10)18-21-20-17(24-18)12-7-11-9-14(23-2)13(11)8-12/h3-6,11-14H,7-9H2,1-2H3/t11-,12?,13-,14?/m0/s1. The third-order valence-electron chi connectivity index (χ3n) is 5.76. The highest BCUT2D eigenvalue weighted by molar-refractivity contribution is 5.59. The number of fused-ring (bicyclic) bond motifs is 2. The summed E-state index contributed by atoms with van der Waals surface area (Å²) in [5.74, 6) is 3.10. The van der Waals surface area contributed by atoms with Crippen LogP contribution in [0.25, 0.3) is 17.2 Å². The molecule has 0 N–H and O–H groups in total. The van der Waals surface area contributed by atoms with Gasteiger partial charge in [-0.25, -0.2) is 4.98 Å². The second-order valence-corrected chi connectivity index (χ2v) is 7.02. The van der Waals surface area contributed by atoms with Crippen molar-refractivity contribution in [3.63, 3.8) is 0 Å². The van der Waals surface area contributed by atoms with E-state index in [1.807, 2.05) is 42.8 Å². The monoisotopic (exact) mass is 324 g/mol. The van der Waals surface area contributed by atoms with Gasteiger partial charge in [0.1, 0.15) is 11.3 Å². The van der Waals surface area contributed by atoms with Gasteiger partial charge in [0, 0.05) is 19.2 Å². The zero-order valence-electron chi connectivity index (χ0n) is 13.8. The van der Waals surface area contributed by atoms with Crippen LogP contribution < -0.4 is 0 Å². The highest BCUT2D eigenvalue weighted by Gasteiger charge is 2.49. The highest BCUT2D eigenvalue weighted by Crippen LogP contribution is 2.53. The van der Waals surface area contributed by atoms with Crippen molar-refractivity contribution >= 4 is 5.65 Å². The van der Waals surface area contributed by atoms with E-state index in [1.165, 1.54) is 6.42 Å². The van der Waals surface area contributed by atoms with E-state index in [0.29, 0.717) is 23.8 Å². The summed E-state index contributed by atoms with van der Waals surface area (Å²) >= 11 is 0. The molecule has 0 spiro atoms. The van der Waals surface area contributed by atoms with E-state index < -0.39 is 0 Å². The van der Waals surface area contributed by atoms with Gasteiger partial charge >= 0.3 is 0 Å². The van der Waals surface area contributed by atoms with E-state index in [-0.39, 0.29) is 0 Å². The van der Waals surface area contributed by atoms with E-state index in [2.05, 4.69) is 15.2 Å². The molecule has 0 radical (unpaired) electrons. The number of aromatic nitrogens is 4. The minimum absolute atomic E-state index is 0.362. The van der Waals surface area contributed by atoms with Crippen LogP contribution in [0.2, 0.25) is 0 Å². The van der Waals surface area contributed by atoms with Crippen LogP contribution in [0.4, 0.5) is 0 Å². The predicted octanol–water partition coefficient (Wildman–Crippen LogP) is 3.22. The highest BCUT2D eigenvalue weighted by atomic mass is 16.5. The maximum Gasteiger partial charge on any atom is 0.266 e. The maximum atomic E-state index is 6.07. The normalized spacial score (nSPS) is 28.9. The molecule has 3 aromatic rings. The topological polar surface area (TPSA) is 65.5 Å². The zero-order valence-corrected chi connectivity index (χ0v) is 13.8. The summed E-state index contributed by atoms with van der Waals surface area (Å²) in [4.78, 5) is 4.57. The minimum Gasteiger partial charge on any atom is -0.419 e. The third-order valence-corrected chi connectivity index (χ3v) is 5.76. The number of rotatable bonds is 3. The Morgan fingerprint density at radius 1 is 1.21 bits per heavy atom. The first kappa shape index (κ1) is 14.2. The first-order valence-electron chi connectivity index (χ1n) is 8.55. The first-order chi connectivity index (χ1) is 11.7. The van der Waals surface area contributed by atoms with E-state index >= 15 is 0 Å². The van der Waals surface area contributed by atoms with Gasteiger partial charge < -0.3 is 9.15 Å². The summed E-state index contributed by atoms with van der Waals surface area (Å²) in [5.41, 5.74) is 2.69. The van der Waals surface area contributed by atoms with Crippen LogP contribution in [0, 0.1) is 18.8 Å². The summed E-state index contributed by atoms with van der Waals surface area (Å²) in [7, 11) is 1.81. The molecule has 3 aromatic heterocycles. The average molecular weight is 324 g/mol. The Morgan fingerprint density at radius 3 is 3.00 bits per heavy atom. The summed E-state index contributed by atoms with van der Waals surface area (Å²) in [6.07, 6.45) is 5.80. The molecule has 2 fully saturated rings. The van der Waals surface area contributed by atoms with Crippen LogP contribution in [0.5, 0.6) is 0 Å². The first-order valence-corrected chi connectivity index (χ1v) is 8.55. The fraction of sp³-hybridized carbons (Fsp3) is 0.500. The molecule has 2 aliphatic carbocycles. The summed E-state index contributed by atoms with van der Waals surface area (Å²) in [5, 5.41) is 8.67. The van der Waals surface area contributed by atoms with Gasteiger partial charge in [0.25, 0.3) is 5.89 Å². The van der Waals surface area contributed by atoms with Crippen LogP contribution in [0.3, 0.4) is 0 Å². The number of aryl methyl sites for hydroxylation is 1. The Labute approximate surface area is 139 Å². The average Bonchev–Trinajstić information content (AvgIpc) is 3.24. The lowest BCUT2D eigenvalue weighted by Gasteiger charge is -2.39. The van der Waals surface area contributed by atoms with Gasteiger partial charge in [0.05, 0.1) is 11.8 Å². The molecule has 3 heterocycles. The van der Waals surface area contributed by atoms with Crippen molar-refractivity contribution in [2.24, 2.45) is 11.8 Å². The number of hydrogen-bond acceptors (Lipinski definition) is 5. The van der Waals surface area contributed by atoms with Crippen molar-refractivity contribution in [1.82, 2.24) is 19.6 Å². The quantitative estimate of drug-likeness (QED) is 0.740. The molecule has 0 saturated heterocycles. The van der Waals surface area contributed by atoms with Crippen molar-refractivity contribution < 1.29 is 9.15 Å². The SMILES string of the molecule is COC1C[C@@H]2CC(c3nnc(-c4c(C)nc5ccccn45)o3)C[C@H]12. The summed E-state index contributed by atoms with van der Waals surface area (Å²) < 4.78 is 13.6. The Balaban J connectivity index is 1.46. The number of hydrogen-bond donors (Lipinski definition) is 0. The smallest absolute Gasteiger partial charge is 0.266 e. The lowest BCUT2D eigenvalue weighted by atomic mass is 9.73. The van der Waals surface area contributed by atoms with Gasteiger partial charge in [-0.05, 0) is 50.2 Å². The van der Waals surface area contributed by atoms with Gasteiger partial charge in [-0.3, -0.25) is 4.40 Å². The largest absolute Gasteiger partial charge is 0.419 e. The molecule has 0 aromatic carbocycles. The van der Waals surface area contributed by atoms with Crippen molar-refractivity contribution in [2.45, 2.75) is 38.2 Å². The van der Waals surface area contributed by atoms with E-state index in [1.54, 1.807) is 0 Å². The van der Waals surface area contributed by atoms with E-state index in [0.717, 1.165) is 41.7 Å². The maximum absolute atomic E-state index is 6.07. The van der Waals surface area contributed by atoms with E-state index in [4.69, 9.17) is 9.15 Å². The molecule has 2 aliphatic rings. The molecule has 0 bridgehead atoms. The van der Waals surface area contributed by atoms with Crippen LogP contribution in [-0.4, -0.2) is 32.8 Å². The zero-order chi connectivity index (χ0) is 16.3. The number of ether oxygens (including phenoxy) is 1. The summed E-state index contributed by atoms with van der Waals surface area (Å²) in [6, 6.07) is 5.94. The Morgan fingerprint density at radius 2 is 2.12 bits per heavy atom. The number of nitrogens with zero attached hydrogens (tertiary/aromatic N) is 4. The molecule has 124 valence electrons. The molecule has 24 heavy (non-hydrogen) atoms. The van der Waals surface area contributed by atoms with Crippen molar-refractivity contribution in [1.29, 1.82) is 0 Å². The lowest BCUT2D eigenvalue weighted by molar-refractivity contribution is -0.0477. The molecule has 6 heteroatoms. The molecule has 6 nitrogen and oxygen atoms in total. The third kappa shape index (κ3) is 1.95. The molecule has 4 atom stereocenters. The Bertz CT molecular complexity index is 899. The fourth-order valence-electron chi connectivity index (χ4n) is 4.50. The van der Waals surface area contributed by atoms with Gasteiger partial charge in [-0.2, -0.15) is 0 Å². The van der Waals surface area contributed by atoms with Gasteiger partial charge in [0.2, 0.25) is 5.89 Å². The van der Waals surface area contributed by atoms with Crippen LogP contribution >= 0.6 is 0 Å². The van der Waals surface area contributed by atoms with Crippen LogP contribution in [0.15, 0.2) is 28.8 Å².